The molecule has 134 valence electrons. The third-order valence-electron chi connectivity index (χ3n) is 3.85. The van der Waals surface area contributed by atoms with Crippen molar-refractivity contribution in [3.63, 3.8) is 0 Å². The Balaban J connectivity index is 2.10. The number of nitrogens with zero attached hydrogens (tertiary/aromatic N) is 1. The molecule has 2 rings (SSSR count). The zero-order valence-corrected chi connectivity index (χ0v) is 15.5. The molecule has 0 N–H and O–H groups in total. The fourth-order valence-electron chi connectivity index (χ4n) is 2.58. The quantitative estimate of drug-likeness (QED) is 0.724. The number of hydrogen-bond acceptors (Lipinski definition) is 3. The van der Waals surface area contributed by atoms with Gasteiger partial charge in [0, 0.05) is 31.3 Å². The molecule has 0 bridgehead atoms. The van der Waals surface area contributed by atoms with E-state index in [4.69, 9.17) is 9.47 Å². The van der Waals surface area contributed by atoms with Crippen molar-refractivity contribution < 1.29 is 14.3 Å². The van der Waals surface area contributed by atoms with E-state index in [9.17, 15) is 4.79 Å². The molecular weight excluding hydrogens is 314 g/mol. The summed E-state index contributed by atoms with van der Waals surface area (Å²) in [4.78, 5) is 14.4. The van der Waals surface area contributed by atoms with E-state index in [2.05, 4.69) is 13.8 Å². The normalized spacial score (nSPS) is 10.8. The van der Waals surface area contributed by atoms with E-state index >= 15 is 0 Å². The van der Waals surface area contributed by atoms with Gasteiger partial charge in [0.2, 0.25) is 0 Å². The predicted octanol–water partition coefficient (Wildman–Crippen LogP) is 4.14. The molecule has 2 aromatic carbocycles. The average molecular weight is 341 g/mol. The lowest BCUT2D eigenvalue weighted by atomic mass is 10.1. The third kappa shape index (κ3) is 5.61. The van der Waals surface area contributed by atoms with Crippen LogP contribution in [0.1, 0.15) is 35.3 Å². The fraction of sp³-hybridized carbons (Fsp3) is 0.381. The molecule has 0 heterocycles. The lowest BCUT2D eigenvalue weighted by molar-refractivity contribution is 0.0783. The van der Waals surface area contributed by atoms with Crippen molar-refractivity contribution in [1.82, 2.24) is 4.90 Å². The first-order valence-electron chi connectivity index (χ1n) is 8.55. The Morgan fingerprint density at radius 1 is 1.12 bits per heavy atom. The van der Waals surface area contributed by atoms with Crippen molar-refractivity contribution in [3.05, 3.63) is 65.2 Å². The number of rotatable bonds is 8. The van der Waals surface area contributed by atoms with Crippen molar-refractivity contribution in [2.75, 3.05) is 20.8 Å². The molecular formula is C21H27NO3. The number of carbonyl (C=O) groups is 1. The average Bonchev–Trinajstić information content (AvgIpc) is 2.61. The predicted molar refractivity (Wildman–Crippen MR) is 99.7 cm³/mol. The first-order chi connectivity index (χ1) is 12.0. The summed E-state index contributed by atoms with van der Waals surface area (Å²) in [6, 6.07) is 15.5. The van der Waals surface area contributed by atoms with Crippen LogP contribution in [0.5, 0.6) is 5.75 Å². The van der Waals surface area contributed by atoms with Crippen LogP contribution in [-0.2, 0) is 17.9 Å². The number of benzene rings is 2. The van der Waals surface area contributed by atoms with Gasteiger partial charge in [0.25, 0.3) is 5.91 Å². The van der Waals surface area contributed by atoms with E-state index in [1.54, 1.807) is 18.1 Å². The Bertz CT molecular complexity index is 683. The summed E-state index contributed by atoms with van der Waals surface area (Å²) in [7, 11) is 3.44. The van der Waals surface area contributed by atoms with E-state index < -0.39 is 0 Å². The lowest BCUT2D eigenvalue weighted by Crippen LogP contribution is -2.26. The molecule has 0 unspecified atom stereocenters. The van der Waals surface area contributed by atoms with Crippen LogP contribution in [0.25, 0.3) is 0 Å². The first kappa shape index (κ1) is 19.0. The van der Waals surface area contributed by atoms with Gasteiger partial charge in [-0.15, -0.1) is 0 Å². The molecule has 0 aliphatic carbocycles. The maximum Gasteiger partial charge on any atom is 0.253 e. The molecule has 0 atom stereocenters. The Kier molecular flexibility index (Phi) is 7.02. The second-order valence-electron chi connectivity index (χ2n) is 6.58. The molecule has 0 saturated carbocycles. The summed E-state index contributed by atoms with van der Waals surface area (Å²) in [5.74, 6) is 1.19. The SMILES string of the molecule is COc1ccc(C(=O)N(C)Cc2ccccc2)cc1COCC(C)C. The topological polar surface area (TPSA) is 38.8 Å². The van der Waals surface area contributed by atoms with E-state index in [0.29, 0.717) is 31.2 Å². The largest absolute Gasteiger partial charge is 0.496 e. The summed E-state index contributed by atoms with van der Waals surface area (Å²) < 4.78 is 11.1. The highest BCUT2D eigenvalue weighted by atomic mass is 16.5. The molecule has 0 radical (unpaired) electrons. The highest BCUT2D eigenvalue weighted by molar-refractivity contribution is 5.94. The number of methoxy groups -OCH3 is 1. The third-order valence-corrected chi connectivity index (χ3v) is 3.85. The van der Waals surface area contributed by atoms with Crippen LogP contribution < -0.4 is 4.74 Å². The van der Waals surface area contributed by atoms with E-state index in [0.717, 1.165) is 16.9 Å². The molecule has 0 aliphatic rings. The zero-order valence-electron chi connectivity index (χ0n) is 15.5. The summed E-state index contributed by atoms with van der Waals surface area (Å²) >= 11 is 0. The monoisotopic (exact) mass is 341 g/mol. The van der Waals surface area contributed by atoms with Crippen molar-refractivity contribution in [3.8, 4) is 5.75 Å². The molecule has 4 heteroatoms. The van der Waals surface area contributed by atoms with Crippen LogP contribution >= 0.6 is 0 Å². The molecule has 0 aliphatic heterocycles. The standard InChI is InChI=1S/C21H27NO3/c1-16(2)14-25-15-19-12-18(10-11-20(19)24-4)21(23)22(3)13-17-8-6-5-7-9-17/h5-12,16H,13-15H2,1-4H3. The zero-order chi connectivity index (χ0) is 18.2. The summed E-state index contributed by atoms with van der Waals surface area (Å²) in [5.41, 5.74) is 2.64. The molecule has 0 saturated heterocycles. The van der Waals surface area contributed by atoms with Crippen molar-refractivity contribution in [1.29, 1.82) is 0 Å². The van der Waals surface area contributed by atoms with Gasteiger partial charge < -0.3 is 14.4 Å². The van der Waals surface area contributed by atoms with Gasteiger partial charge in [0.05, 0.1) is 13.7 Å². The number of hydrogen-bond donors (Lipinski definition) is 0. The van der Waals surface area contributed by atoms with Gasteiger partial charge >= 0.3 is 0 Å². The van der Waals surface area contributed by atoms with Crippen molar-refractivity contribution >= 4 is 5.91 Å². The molecule has 1 amide bonds. The van der Waals surface area contributed by atoms with Crippen molar-refractivity contribution in [2.45, 2.75) is 27.0 Å². The molecule has 2 aromatic rings. The van der Waals surface area contributed by atoms with Crippen LogP contribution in [0.3, 0.4) is 0 Å². The van der Waals surface area contributed by atoms with Gasteiger partial charge in [-0.25, -0.2) is 0 Å². The maximum absolute atomic E-state index is 12.7. The molecule has 0 fully saturated rings. The molecule has 4 nitrogen and oxygen atoms in total. The second kappa shape index (κ2) is 9.23. The van der Waals surface area contributed by atoms with E-state index in [1.165, 1.54) is 0 Å². The number of carbonyl (C=O) groups excluding carboxylic acids is 1. The Labute approximate surface area is 150 Å². The smallest absolute Gasteiger partial charge is 0.253 e. The van der Waals surface area contributed by atoms with Gasteiger partial charge in [-0.05, 0) is 29.7 Å². The van der Waals surface area contributed by atoms with Crippen LogP contribution in [0.15, 0.2) is 48.5 Å². The van der Waals surface area contributed by atoms with Gasteiger partial charge in [-0.2, -0.15) is 0 Å². The summed E-state index contributed by atoms with van der Waals surface area (Å²) in [6.45, 7) is 5.90. The minimum Gasteiger partial charge on any atom is -0.496 e. The van der Waals surface area contributed by atoms with Crippen LogP contribution in [-0.4, -0.2) is 31.6 Å². The highest BCUT2D eigenvalue weighted by Crippen LogP contribution is 2.22. The number of amides is 1. The summed E-state index contributed by atoms with van der Waals surface area (Å²) in [6.07, 6.45) is 0. The fourth-order valence-corrected chi connectivity index (χ4v) is 2.58. The van der Waals surface area contributed by atoms with E-state index in [-0.39, 0.29) is 5.91 Å². The second-order valence-corrected chi connectivity index (χ2v) is 6.58. The maximum atomic E-state index is 12.7. The van der Waals surface area contributed by atoms with Gasteiger partial charge in [0.1, 0.15) is 5.75 Å². The minimum absolute atomic E-state index is 0.0170. The molecule has 0 spiro atoms. The van der Waals surface area contributed by atoms with Crippen LogP contribution in [0.4, 0.5) is 0 Å². The number of ether oxygens (including phenoxy) is 2. The minimum atomic E-state index is -0.0170. The van der Waals surface area contributed by atoms with Gasteiger partial charge in [-0.3, -0.25) is 4.79 Å². The van der Waals surface area contributed by atoms with Crippen LogP contribution in [0.2, 0.25) is 0 Å². The molecule has 0 aromatic heterocycles. The molecule has 25 heavy (non-hydrogen) atoms. The van der Waals surface area contributed by atoms with Gasteiger partial charge in [0.15, 0.2) is 0 Å². The van der Waals surface area contributed by atoms with Crippen molar-refractivity contribution in [2.24, 2.45) is 5.92 Å². The first-order valence-corrected chi connectivity index (χ1v) is 8.55. The highest BCUT2D eigenvalue weighted by Gasteiger charge is 2.15. The summed E-state index contributed by atoms with van der Waals surface area (Å²) in [5, 5.41) is 0. The van der Waals surface area contributed by atoms with Gasteiger partial charge in [-0.1, -0.05) is 44.2 Å². The lowest BCUT2D eigenvalue weighted by Gasteiger charge is -2.18. The Morgan fingerprint density at radius 2 is 1.84 bits per heavy atom. The Morgan fingerprint density at radius 3 is 2.48 bits per heavy atom. The van der Waals surface area contributed by atoms with E-state index in [1.807, 2.05) is 49.5 Å². The van der Waals surface area contributed by atoms with Crippen LogP contribution in [0, 0.1) is 5.92 Å². The Hall–Kier alpha value is -2.33.